The Morgan fingerprint density at radius 3 is 2.35 bits per heavy atom. The van der Waals surface area contributed by atoms with Crippen LogP contribution in [0, 0.1) is 13.8 Å². The van der Waals surface area contributed by atoms with Gasteiger partial charge in [0, 0.05) is 18.5 Å². The first-order valence-electron chi connectivity index (χ1n) is 8.01. The van der Waals surface area contributed by atoms with E-state index in [1.54, 1.807) is 56.3 Å². The standard InChI is InChI=1S/C18H21N3O4S/c1-13-8-9-14(2)16(12-13)26(24,25)19-11-10-17(22)20-21-18(23)15-6-4-3-5-7-15/h3-9,12,19H,10-11H2,1-2H3,(H,20,22)(H,21,23). The Labute approximate surface area is 152 Å². The second-order valence-electron chi connectivity index (χ2n) is 5.79. The molecule has 2 amide bonds. The van der Waals surface area contributed by atoms with E-state index in [2.05, 4.69) is 15.6 Å². The molecular formula is C18H21N3O4S. The molecule has 0 aliphatic carbocycles. The minimum Gasteiger partial charge on any atom is -0.273 e. The Morgan fingerprint density at radius 1 is 0.962 bits per heavy atom. The number of nitrogens with one attached hydrogen (secondary N) is 3. The van der Waals surface area contributed by atoms with Gasteiger partial charge in [-0.25, -0.2) is 13.1 Å². The molecule has 0 saturated carbocycles. The van der Waals surface area contributed by atoms with Crippen molar-refractivity contribution in [1.82, 2.24) is 15.6 Å². The topological polar surface area (TPSA) is 104 Å². The molecule has 0 saturated heterocycles. The molecule has 2 rings (SSSR count). The Kier molecular flexibility index (Phi) is 6.48. The van der Waals surface area contributed by atoms with Gasteiger partial charge in [0.2, 0.25) is 15.9 Å². The quantitative estimate of drug-likeness (QED) is 0.665. The zero-order chi connectivity index (χ0) is 19.2. The first-order chi connectivity index (χ1) is 12.3. The van der Waals surface area contributed by atoms with Crippen LogP contribution < -0.4 is 15.6 Å². The van der Waals surface area contributed by atoms with Crippen molar-refractivity contribution in [2.75, 3.05) is 6.54 Å². The number of amides is 2. The van der Waals surface area contributed by atoms with Gasteiger partial charge in [0.05, 0.1) is 4.90 Å². The zero-order valence-corrected chi connectivity index (χ0v) is 15.4. The van der Waals surface area contributed by atoms with Crippen LogP contribution in [0.25, 0.3) is 0 Å². The summed E-state index contributed by atoms with van der Waals surface area (Å²) in [6.45, 7) is 3.43. The summed E-state index contributed by atoms with van der Waals surface area (Å²) in [5, 5.41) is 0. The van der Waals surface area contributed by atoms with Gasteiger partial charge in [-0.2, -0.15) is 0 Å². The number of carbonyl (C=O) groups is 2. The molecule has 0 heterocycles. The van der Waals surface area contributed by atoms with Crippen molar-refractivity contribution in [3.8, 4) is 0 Å². The predicted octanol–water partition coefficient (Wildman–Crippen LogP) is 1.43. The van der Waals surface area contributed by atoms with E-state index in [-0.39, 0.29) is 17.9 Å². The normalized spacial score (nSPS) is 11.0. The lowest BCUT2D eigenvalue weighted by molar-refractivity contribution is -0.121. The molecule has 2 aromatic rings. The third-order valence-electron chi connectivity index (χ3n) is 3.63. The lowest BCUT2D eigenvalue weighted by Crippen LogP contribution is -2.42. The molecule has 0 unspecified atom stereocenters. The summed E-state index contributed by atoms with van der Waals surface area (Å²) in [6.07, 6.45) is -0.112. The van der Waals surface area contributed by atoms with Crippen LogP contribution in [0.3, 0.4) is 0 Å². The molecule has 7 nitrogen and oxygen atoms in total. The van der Waals surface area contributed by atoms with Gasteiger partial charge >= 0.3 is 0 Å². The maximum Gasteiger partial charge on any atom is 0.269 e. The fourth-order valence-corrected chi connectivity index (χ4v) is 3.58. The summed E-state index contributed by atoms with van der Waals surface area (Å²) in [5.41, 5.74) is 6.40. The van der Waals surface area contributed by atoms with E-state index in [1.165, 1.54) is 0 Å². The maximum absolute atomic E-state index is 12.3. The number of hydrazine groups is 1. The Hall–Kier alpha value is -2.71. The molecule has 0 fully saturated rings. The van der Waals surface area contributed by atoms with E-state index in [9.17, 15) is 18.0 Å². The second kappa shape index (κ2) is 8.59. The van der Waals surface area contributed by atoms with Crippen LogP contribution in [-0.2, 0) is 14.8 Å². The molecule has 0 aliphatic heterocycles. The molecule has 0 radical (unpaired) electrons. The number of rotatable bonds is 6. The van der Waals surface area contributed by atoms with Crippen molar-refractivity contribution in [3.05, 3.63) is 65.2 Å². The highest BCUT2D eigenvalue weighted by Gasteiger charge is 2.17. The lowest BCUT2D eigenvalue weighted by Gasteiger charge is -2.11. The van der Waals surface area contributed by atoms with Gasteiger partial charge in [0.1, 0.15) is 0 Å². The summed E-state index contributed by atoms with van der Waals surface area (Å²) in [5.74, 6) is -0.951. The fourth-order valence-electron chi connectivity index (χ4n) is 2.22. The first-order valence-corrected chi connectivity index (χ1v) is 9.49. The number of hydrogen-bond acceptors (Lipinski definition) is 4. The monoisotopic (exact) mass is 375 g/mol. The minimum absolute atomic E-state index is 0.0806. The summed E-state index contributed by atoms with van der Waals surface area (Å²) in [7, 11) is -3.70. The Morgan fingerprint density at radius 2 is 1.65 bits per heavy atom. The molecule has 0 aromatic heterocycles. The van der Waals surface area contributed by atoms with Gasteiger partial charge in [-0.15, -0.1) is 0 Å². The van der Waals surface area contributed by atoms with E-state index in [4.69, 9.17) is 0 Å². The number of aryl methyl sites for hydroxylation is 2. The summed E-state index contributed by atoms with van der Waals surface area (Å²) < 4.78 is 27.0. The van der Waals surface area contributed by atoms with E-state index in [1.807, 2.05) is 6.07 Å². The van der Waals surface area contributed by atoms with E-state index in [0.717, 1.165) is 5.56 Å². The predicted molar refractivity (Wildman–Crippen MR) is 97.8 cm³/mol. The molecular weight excluding hydrogens is 354 g/mol. The number of hydrogen-bond donors (Lipinski definition) is 3. The van der Waals surface area contributed by atoms with E-state index >= 15 is 0 Å². The smallest absolute Gasteiger partial charge is 0.269 e. The third kappa shape index (κ3) is 5.40. The van der Waals surface area contributed by atoms with E-state index in [0.29, 0.717) is 11.1 Å². The van der Waals surface area contributed by atoms with Crippen LogP contribution in [-0.4, -0.2) is 26.8 Å². The molecule has 0 atom stereocenters. The molecule has 3 N–H and O–H groups in total. The van der Waals surface area contributed by atoms with Gasteiger partial charge < -0.3 is 0 Å². The average Bonchev–Trinajstić information content (AvgIpc) is 2.62. The Balaban J connectivity index is 1.82. The number of sulfonamides is 1. The molecule has 8 heteroatoms. The minimum atomic E-state index is -3.70. The zero-order valence-electron chi connectivity index (χ0n) is 14.6. The average molecular weight is 375 g/mol. The molecule has 138 valence electrons. The summed E-state index contributed by atoms with van der Waals surface area (Å²) >= 11 is 0. The third-order valence-corrected chi connectivity index (χ3v) is 5.23. The van der Waals surface area contributed by atoms with Gasteiger partial charge in [-0.1, -0.05) is 30.3 Å². The second-order valence-corrected chi connectivity index (χ2v) is 7.52. The maximum atomic E-state index is 12.3. The number of carbonyl (C=O) groups excluding carboxylic acids is 2. The van der Waals surface area contributed by atoms with Crippen LogP contribution in [0.2, 0.25) is 0 Å². The van der Waals surface area contributed by atoms with Gasteiger partial charge in [-0.3, -0.25) is 20.4 Å². The number of benzene rings is 2. The highest BCUT2D eigenvalue weighted by atomic mass is 32.2. The van der Waals surface area contributed by atoms with Gasteiger partial charge in [0.25, 0.3) is 5.91 Å². The summed E-state index contributed by atoms with van der Waals surface area (Å²) in [4.78, 5) is 23.8. The van der Waals surface area contributed by atoms with Crippen molar-refractivity contribution in [2.45, 2.75) is 25.2 Å². The van der Waals surface area contributed by atoms with Crippen molar-refractivity contribution in [3.63, 3.8) is 0 Å². The van der Waals surface area contributed by atoms with Gasteiger partial charge in [0.15, 0.2) is 0 Å². The molecule has 0 bridgehead atoms. The van der Waals surface area contributed by atoms with Crippen LogP contribution >= 0.6 is 0 Å². The van der Waals surface area contributed by atoms with Crippen molar-refractivity contribution in [1.29, 1.82) is 0 Å². The summed E-state index contributed by atoms with van der Waals surface area (Å²) in [6, 6.07) is 13.6. The first kappa shape index (κ1) is 19.6. The Bertz CT molecular complexity index is 896. The lowest BCUT2D eigenvalue weighted by atomic mass is 10.2. The highest BCUT2D eigenvalue weighted by molar-refractivity contribution is 7.89. The molecule has 2 aromatic carbocycles. The van der Waals surface area contributed by atoms with Crippen LogP contribution in [0.5, 0.6) is 0 Å². The largest absolute Gasteiger partial charge is 0.273 e. The van der Waals surface area contributed by atoms with Crippen LogP contribution in [0.4, 0.5) is 0 Å². The molecule has 26 heavy (non-hydrogen) atoms. The van der Waals surface area contributed by atoms with Crippen LogP contribution in [0.15, 0.2) is 53.4 Å². The highest BCUT2D eigenvalue weighted by Crippen LogP contribution is 2.16. The fraction of sp³-hybridized carbons (Fsp3) is 0.222. The molecule has 0 spiro atoms. The van der Waals surface area contributed by atoms with E-state index < -0.39 is 21.8 Å². The van der Waals surface area contributed by atoms with Crippen molar-refractivity contribution in [2.24, 2.45) is 0 Å². The van der Waals surface area contributed by atoms with Crippen molar-refractivity contribution < 1.29 is 18.0 Å². The van der Waals surface area contributed by atoms with Crippen molar-refractivity contribution >= 4 is 21.8 Å². The van der Waals surface area contributed by atoms with Crippen LogP contribution in [0.1, 0.15) is 27.9 Å². The molecule has 0 aliphatic rings. The SMILES string of the molecule is Cc1ccc(C)c(S(=O)(=O)NCCC(=O)NNC(=O)c2ccccc2)c1. The van der Waals surface area contributed by atoms with Gasteiger partial charge in [-0.05, 0) is 43.2 Å².